The van der Waals surface area contributed by atoms with E-state index in [0.29, 0.717) is 19.8 Å². The molecule has 182 valence electrons. The SMILES string of the molecule is c1cc2nc(Cn3cc(-c4cncc(-n5cc6c(c5)COC6)c4)nn3)cn2cc1CN1CCCCC1. The zero-order chi connectivity index (χ0) is 23.9. The second-order valence-electron chi connectivity index (χ2n) is 9.81. The van der Waals surface area contributed by atoms with Crippen molar-refractivity contribution in [1.29, 1.82) is 0 Å². The molecule has 5 aromatic heterocycles. The van der Waals surface area contributed by atoms with Crippen LogP contribution in [0, 0.1) is 0 Å². The molecule has 0 amide bonds. The Balaban J connectivity index is 1.07. The summed E-state index contributed by atoms with van der Waals surface area (Å²) in [5.74, 6) is 0. The number of pyridine rings is 2. The molecule has 0 unspecified atom stereocenters. The molecule has 0 atom stereocenters. The van der Waals surface area contributed by atoms with E-state index in [4.69, 9.17) is 9.72 Å². The van der Waals surface area contributed by atoms with Crippen molar-refractivity contribution in [3.05, 3.63) is 84.0 Å². The number of imidazole rings is 1. The van der Waals surface area contributed by atoms with Gasteiger partial charge in [0.05, 0.1) is 43.5 Å². The van der Waals surface area contributed by atoms with Gasteiger partial charge < -0.3 is 13.7 Å². The van der Waals surface area contributed by atoms with Crippen LogP contribution >= 0.6 is 0 Å². The fourth-order valence-electron chi connectivity index (χ4n) is 5.24. The van der Waals surface area contributed by atoms with Gasteiger partial charge in [0.2, 0.25) is 0 Å². The van der Waals surface area contributed by atoms with Gasteiger partial charge >= 0.3 is 0 Å². The third-order valence-corrected chi connectivity index (χ3v) is 7.11. The summed E-state index contributed by atoms with van der Waals surface area (Å²) in [5, 5.41) is 8.76. The molecular formula is C27H28N8O. The van der Waals surface area contributed by atoms with Gasteiger partial charge in [0, 0.05) is 54.2 Å². The summed E-state index contributed by atoms with van der Waals surface area (Å²) < 4.78 is 11.5. The minimum atomic E-state index is 0.563. The summed E-state index contributed by atoms with van der Waals surface area (Å²) in [7, 11) is 0. The molecule has 5 aromatic rings. The predicted octanol–water partition coefficient (Wildman–Crippen LogP) is 3.84. The molecule has 0 spiro atoms. The number of hydrogen-bond donors (Lipinski definition) is 0. The lowest BCUT2D eigenvalue weighted by atomic mass is 10.1. The number of aromatic nitrogens is 7. The molecule has 1 saturated heterocycles. The number of nitrogens with zero attached hydrogens (tertiary/aromatic N) is 8. The van der Waals surface area contributed by atoms with Crippen LogP contribution < -0.4 is 0 Å². The molecule has 0 radical (unpaired) electrons. The Morgan fingerprint density at radius 3 is 2.58 bits per heavy atom. The summed E-state index contributed by atoms with van der Waals surface area (Å²) in [6, 6.07) is 6.39. The maximum Gasteiger partial charge on any atom is 0.137 e. The van der Waals surface area contributed by atoms with E-state index in [2.05, 4.69) is 72.2 Å². The molecule has 1 fully saturated rings. The number of likely N-dealkylation sites (tertiary alicyclic amines) is 1. The van der Waals surface area contributed by atoms with Gasteiger partial charge in [0.25, 0.3) is 0 Å². The Hall–Kier alpha value is -3.82. The lowest BCUT2D eigenvalue weighted by molar-refractivity contribution is 0.133. The molecule has 2 aliphatic rings. The summed E-state index contributed by atoms with van der Waals surface area (Å²) >= 11 is 0. The normalized spacial score (nSPS) is 16.1. The predicted molar refractivity (Wildman–Crippen MR) is 134 cm³/mol. The number of fused-ring (bicyclic) bond motifs is 2. The largest absolute Gasteiger partial charge is 0.372 e. The van der Waals surface area contributed by atoms with E-state index in [9.17, 15) is 0 Å². The van der Waals surface area contributed by atoms with Gasteiger partial charge in [-0.25, -0.2) is 9.67 Å². The Morgan fingerprint density at radius 1 is 0.861 bits per heavy atom. The first kappa shape index (κ1) is 21.5. The third-order valence-electron chi connectivity index (χ3n) is 7.11. The third kappa shape index (κ3) is 4.20. The second-order valence-corrected chi connectivity index (χ2v) is 9.81. The van der Waals surface area contributed by atoms with E-state index in [0.717, 1.165) is 34.8 Å². The van der Waals surface area contributed by atoms with Crippen LogP contribution in [-0.2, 0) is 31.0 Å². The minimum absolute atomic E-state index is 0.563. The van der Waals surface area contributed by atoms with Crippen molar-refractivity contribution in [2.45, 2.75) is 45.6 Å². The minimum Gasteiger partial charge on any atom is -0.372 e. The highest BCUT2D eigenvalue weighted by molar-refractivity contribution is 5.59. The van der Waals surface area contributed by atoms with Crippen LogP contribution in [0.2, 0.25) is 0 Å². The van der Waals surface area contributed by atoms with Gasteiger partial charge in [-0.05, 0) is 43.6 Å². The maximum absolute atomic E-state index is 5.49. The highest BCUT2D eigenvalue weighted by Gasteiger charge is 2.15. The number of hydrogen-bond acceptors (Lipinski definition) is 6. The van der Waals surface area contributed by atoms with E-state index >= 15 is 0 Å². The monoisotopic (exact) mass is 480 g/mol. The molecule has 0 aliphatic carbocycles. The van der Waals surface area contributed by atoms with Gasteiger partial charge in [-0.2, -0.15) is 0 Å². The van der Waals surface area contributed by atoms with Gasteiger partial charge in [0.1, 0.15) is 11.3 Å². The lowest BCUT2D eigenvalue weighted by Crippen LogP contribution is -2.29. The highest BCUT2D eigenvalue weighted by atomic mass is 16.5. The smallest absolute Gasteiger partial charge is 0.137 e. The van der Waals surface area contributed by atoms with E-state index in [1.165, 1.54) is 49.0 Å². The number of ether oxygens (including phenoxy) is 1. The first-order valence-electron chi connectivity index (χ1n) is 12.6. The molecule has 7 rings (SSSR count). The van der Waals surface area contributed by atoms with Crippen LogP contribution in [0.3, 0.4) is 0 Å². The van der Waals surface area contributed by atoms with Crippen LogP contribution in [-0.4, -0.2) is 51.9 Å². The molecule has 7 heterocycles. The molecule has 0 bridgehead atoms. The van der Waals surface area contributed by atoms with E-state index in [1.807, 2.05) is 23.3 Å². The zero-order valence-electron chi connectivity index (χ0n) is 20.1. The van der Waals surface area contributed by atoms with Crippen LogP contribution in [0.25, 0.3) is 22.6 Å². The van der Waals surface area contributed by atoms with Gasteiger partial charge in [-0.3, -0.25) is 9.88 Å². The fourth-order valence-corrected chi connectivity index (χ4v) is 5.24. The summed E-state index contributed by atoms with van der Waals surface area (Å²) in [4.78, 5) is 11.8. The summed E-state index contributed by atoms with van der Waals surface area (Å²) in [5.41, 5.74) is 8.42. The number of piperidine rings is 1. The van der Waals surface area contributed by atoms with Crippen molar-refractivity contribution in [3.8, 4) is 16.9 Å². The van der Waals surface area contributed by atoms with E-state index < -0.39 is 0 Å². The Kier molecular flexibility index (Phi) is 5.36. The van der Waals surface area contributed by atoms with Gasteiger partial charge in [0.15, 0.2) is 0 Å². The Labute approximate surface area is 209 Å². The van der Waals surface area contributed by atoms with Gasteiger partial charge in [-0.15, -0.1) is 5.10 Å². The first-order chi connectivity index (χ1) is 17.8. The van der Waals surface area contributed by atoms with Crippen molar-refractivity contribution < 1.29 is 4.74 Å². The topological polar surface area (TPSA) is 78.3 Å². The standard InChI is InChI=1S/C27H28N8O/c1-2-6-32(7-3-1)11-20-4-5-27-29-24(15-34(27)12-20)16-35-17-26(30-31-35)21-8-25(10-28-9-21)33-13-22-18-36-19-23(22)14-33/h4-5,8-10,12-15,17H,1-3,6-7,11,16,18-19H2. The van der Waals surface area contributed by atoms with Crippen molar-refractivity contribution in [3.63, 3.8) is 0 Å². The van der Waals surface area contributed by atoms with Crippen molar-refractivity contribution >= 4 is 5.65 Å². The Bertz CT molecular complexity index is 1500. The van der Waals surface area contributed by atoms with Crippen molar-refractivity contribution in [1.82, 2.24) is 38.8 Å². The Morgan fingerprint density at radius 2 is 1.72 bits per heavy atom. The maximum atomic E-state index is 5.49. The fraction of sp³-hybridized carbons (Fsp3) is 0.333. The van der Waals surface area contributed by atoms with E-state index in [1.54, 1.807) is 0 Å². The van der Waals surface area contributed by atoms with Crippen LogP contribution in [0.15, 0.2) is 61.6 Å². The quantitative estimate of drug-likeness (QED) is 0.367. The molecule has 2 aliphatic heterocycles. The average Bonchev–Trinajstić information content (AvgIpc) is 3.68. The summed E-state index contributed by atoms with van der Waals surface area (Å²) in [6.45, 7) is 5.31. The number of rotatable bonds is 6. The molecule has 36 heavy (non-hydrogen) atoms. The van der Waals surface area contributed by atoms with Crippen LogP contribution in [0.4, 0.5) is 0 Å². The average molecular weight is 481 g/mol. The van der Waals surface area contributed by atoms with Crippen molar-refractivity contribution in [2.24, 2.45) is 0 Å². The first-order valence-corrected chi connectivity index (χ1v) is 12.6. The summed E-state index contributed by atoms with van der Waals surface area (Å²) in [6.07, 6.45) is 18.1. The zero-order valence-corrected chi connectivity index (χ0v) is 20.1. The molecule has 0 saturated carbocycles. The van der Waals surface area contributed by atoms with E-state index in [-0.39, 0.29) is 0 Å². The molecular weight excluding hydrogens is 452 g/mol. The van der Waals surface area contributed by atoms with Crippen LogP contribution in [0.5, 0.6) is 0 Å². The van der Waals surface area contributed by atoms with Crippen LogP contribution in [0.1, 0.15) is 41.6 Å². The molecule has 0 aromatic carbocycles. The highest BCUT2D eigenvalue weighted by Crippen LogP contribution is 2.25. The van der Waals surface area contributed by atoms with Gasteiger partial charge in [-0.1, -0.05) is 17.7 Å². The second kappa shape index (κ2) is 9.00. The molecule has 9 nitrogen and oxygen atoms in total. The lowest BCUT2D eigenvalue weighted by Gasteiger charge is -2.26. The van der Waals surface area contributed by atoms with Crippen molar-refractivity contribution in [2.75, 3.05) is 13.1 Å². The molecule has 9 heteroatoms. The molecule has 0 N–H and O–H groups in total.